The zero-order valence-electron chi connectivity index (χ0n) is 56.3. The first-order chi connectivity index (χ1) is 42.6. The molecule has 0 aliphatic heterocycles. The van der Waals surface area contributed by atoms with Crippen molar-refractivity contribution in [1.82, 2.24) is 0 Å². The number of hydrogen-bond donors (Lipinski definition) is 0. The van der Waals surface area contributed by atoms with E-state index in [-0.39, 0.29) is 32.7 Å². The first-order valence-electron chi connectivity index (χ1n) is 35.0. The van der Waals surface area contributed by atoms with Gasteiger partial charge in [0.25, 0.3) is 0 Å². The number of carboxylic acids is 1. The van der Waals surface area contributed by atoms with Crippen LogP contribution in [0.3, 0.4) is 0 Å². The fourth-order valence-electron chi connectivity index (χ4n) is 9.31. The lowest BCUT2D eigenvalue weighted by Crippen LogP contribution is -2.44. The lowest BCUT2D eigenvalue weighted by molar-refractivity contribution is -0.870. The maximum atomic E-state index is 12.9. The molecule has 0 aliphatic rings. The molecular formula is C78H129NO8. The molecule has 0 aliphatic carbocycles. The van der Waals surface area contributed by atoms with Crippen molar-refractivity contribution >= 4 is 17.9 Å². The van der Waals surface area contributed by atoms with Crippen molar-refractivity contribution in [1.29, 1.82) is 0 Å². The predicted molar refractivity (Wildman–Crippen MR) is 370 cm³/mol. The highest BCUT2D eigenvalue weighted by Crippen LogP contribution is 2.17. The average Bonchev–Trinajstić information content (AvgIpc) is 3.59. The molecule has 0 heterocycles. The van der Waals surface area contributed by atoms with Crippen LogP contribution in [0.2, 0.25) is 0 Å². The van der Waals surface area contributed by atoms with Gasteiger partial charge in [-0.15, -0.1) is 0 Å². The summed E-state index contributed by atoms with van der Waals surface area (Å²) < 4.78 is 22.7. The summed E-state index contributed by atoms with van der Waals surface area (Å²) in [5.41, 5.74) is 0. The van der Waals surface area contributed by atoms with Crippen LogP contribution in [0, 0.1) is 0 Å². The Labute approximate surface area is 534 Å². The molecule has 9 heteroatoms. The first-order valence-corrected chi connectivity index (χ1v) is 35.0. The third-order valence-corrected chi connectivity index (χ3v) is 14.6. The van der Waals surface area contributed by atoms with Gasteiger partial charge in [-0.3, -0.25) is 9.59 Å². The zero-order valence-corrected chi connectivity index (χ0v) is 56.3. The number of likely N-dealkylation sites (N-methyl/N-ethyl adjacent to an activating group) is 1. The van der Waals surface area contributed by atoms with Gasteiger partial charge in [0, 0.05) is 12.8 Å². The van der Waals surface area contributed by atoms with Crippen molar-refractivity contribution in [3.8, 4) is 0 Å². The van der Waals surface area contributed by atoms with Crippen LogP contribution in [0.25, 0.3) is 0 Å². The number of esters is 2. The first kappa shape index (κ1) is 82.2. The molecule has 0 aromatic carbocycles. The molecule has 0 saturated heterocycles. The van der Waals surface area contributed by atoms with Crippen LogP contribution in [0.4, 0.5) is 0 Å². The zero-order chi connectivity index (χ0) is 63.3. The van der Waals surface area contributed by atoms with Crippen molar-refractivity contribution in [2.45, 2.75) is 283 Å². The maximum Gasteiger partial charge on any atom is 0.306 e. The second-order valence-corrected chi connectivity index (χ2v) is 24.1. The van der Waals surface area contributed by atoms with Crippen LogP contribution >= 0.6 is 0 Å². The summed E-state index contributed by atoms with van der Waals surface area (Å²) in [4.78, 5) is 37.4. The number of ether oxygens (including phenoxy) is 4. The number of allylic oxidation sites excluding steroid dienone is 24. The molecule has 0 N–H and O–H groups in total. The average molecular weight is 1210 g/mol. The van der Waals surface area contributed by atoms with Crippen LogP contribution in [-0.2, 0) is 33.3 Å². The second-order valence-electron chi connectivity index (χ2n) is 24.1. The third-order valence-electron chi connectivity index (χ3n) is 14.6. The van der Waals surface area contributed by atoms with Gasteiger partial charge < -0.3 is 33.3 Å². The molecule has 0 bridgehead atoms. The largest absolute Gasteiger partial charge is 0.545 e. The van der Waals surface area contributed by atoms with E-state index in [0.717, 1.165) is 109 Å². The molecule has 0 radical (unpaired) electrons. The second kappa shape index (κ2) is 67.1. The SMILES string of the molecule is CC/C=C\C/C=C\C/C=C\C/C=C\C/C=C\C/C=C\CCCCCCCCCCCCCCCCCCCCCCCCC(=O)OC(COC(=O)CCCC/C=C\C/C=C\C/C=C\C/C=C\C/C=C\C/C=C\CC)COC(OCC[N+](C)(C)C)C(=O)[O-]. The number of carbonyl (C=O) groups is 3. The molecule has 9 nitrogen and oxygen atoms in total. The fourth-order valence-corrected chi connectivity index (χ4v) is 9.31. The summed E-state index contributed by atoms with van der Waals surface area (Å²) in [6.45, 7) is 4.47. The summed E-state index contributed by atoms with van der Waals surface area (Å²) >= 11 is 0. The Bertz CT molecular complexity index is 1940. The Hall–Kier alpha value is -4.83. The molecule has 0 fully saturated rings. The molecular weight excluding hydrogens is 1080 g/mol. The molecule has 2 atom stereocenters. The van der Waals surface area contributed by atoms with Crippen molar-refractivity contribution in [3.63, 3.8) is 0 Å². The lowest BCUT2D eigenvalue weighted by atomic mass is 10.0. The van der Waals surface area contributed by atoms with Gasteiger partial charge in [0.15, 0.2) is 12.4 Å². The highest BCUT2D eigenvalue weighted by atomic mass is 16.7. The Morgan fingerprint density at radius 1 is 0.345 bits per heavy atom. The summed E-state index contributed by atoms with van der Waals surface area (Å²) in [6.07, 6.45) is 95.2. The minimum atomic E-state index is -1.64. The van der Waals surface area contributed by atoms with Crippen LogP contribution in [0.15, 0.2) is 146 Å². The van der Waals surface area contributed by atoms with E-state index in [1.807, 2.05) is 21.1 Å². The van der Waals surface area contributed by atoms with E-state index >= 15 is 0 Å². The van der Waals surface area contributed by atoms with E-state index in [4.69, 9.17) is 18.9 Å². The number of rotatable bonds is 63. The molecule has 0 aromatic heterocycles. The van der Waals surface area contributed by atoms with E-state index in [0.29, 0.717) is 23.9 Å². The van der Waals surface area contributed by atoms with Crippen molar-refractivity contribution in [2.24, 2.45) is 0 Å². The highest BCUT2D eigenvalue weighted by Gasteiger charge is 2.22. The number of quaternary nitrogens is 1. The van der Waals surface area contributed by atoms with E-state index in [1.54, 1.807) is 0 Å². The number of hydrogen-bond acceptors (Lipinski definition) is 8. The number of carbonyl (C=O) groups excluding carboxylic acids is 3. The Kier molecular flexibility index (Phi) is 63.4. The van der Waals surface area contributed by atoms with Crippen LogP contribution in [0.5, 0.6) is 0 Å². The summed E-state index contributed by atoms with van der Waals surface area (Å²) in [6, 6.07) is 0. The predicted octanol–water partition coefficient (Wildman–Crippen LogP) is 20.6. The van der Waals surface area contributed by atoms with Gasteiger partial charge in [-0.1, -0.05) is 288 Å². The number of carboxylic acid groups (broad SMARTS) is 1. The number of aliphatic carboxylic acids is 1. The minimum Gasteiger partial charge on any atom is -0.545 e. The monoisotopic (exact) mass is 1210 g/mol. The quantitative estimate of drug-likeness (QED) is 0.0195. The van der Waals surface area contributed by atoms with E-state index in [1.165, 1.54) is 122 Å². The summed E-state index contributed by atoms with van der Waals surface area (Å²) in [7, 11) is 5.91. The van der Waals surface area contributed by atoms with E-state index < -0.39 is 30.3 Å². The molecule has 494 valence electrons. The highest BCUT2D eigenvalue weighted by molar-refractivity contribution is 5.70. The van der Waals surface area contributed by atoms with Gasteiger partial charge in [-0.25, -0.2) is 0 Å². The topological polar surface area (TPSA) is 111 Å². The van der Waals surface area contributed by atoms with Crippen molar-refractivity contribution < 1.29 is 42.9 Å². The Morgan fingerprint density at radius 2 is 0.621 bits per heavy atom. The van der Waals surface area contributed by atoms with Gasteiger partial charge in [0.2, 0.25) is 0 Å². The smallest absolute Gasteiger partial charge is 0.306 e. The van der Waals surface area contributed by atoms with Gasteiger partial charge in [-0.2, -0.15) is 0 Å². The fraction of sp³-hybridized carbons (Fsp3) is 0.654. The normalized spacial score (nSPS) is 13.6. The number of nitrogens with zero attached hydrogens (tertiary/aromatic N) is 1. The molecule has 0 aromatic rings. The summed E-state index contributed by atoms with van der Waals surface area (Å²) in [5.74, 6) is -2.34. The van der Waals surface area contributed by atoms with Crippen molar-refractivity contribution in [2.75, 3.05) is 47.5 Å². The minimum absolute atomic E-state index is 0.135. The summed E-state index contributed by atoms with van der Waals surface area (Å²) in [5, 5.41) is 11.8. The molecule has 87 heavy (non-hydrogen) atoms. The van der Waals surface area contributed by atoms with Crippen LogP contribution in [-0.4, -0.2) is 82.3 Å². The van der Waals surface area contributed by atoms with E-state index in [2.05, 4.69) is 160 Å². The van der Waals surface area contributed by atoms with Crippen molar-refractivity contribution in [3.05, 3.63) is 146 Å². The van der Waals surface area contributed by atoms with Crippen LogP contribution < -0.4 is 5.11 Å². The number of unbranched alkanes of at least 4 members (excludes halogenated alkanes) is 24. The molecule has 0 spiro atoms. The Balaban J connectivity index is 4.07. The van der Waals surface area contributed by atoms with E-state index in [9.17, 15) is 19.5 Å². The van der Waals surface area contributed by atoms with Gasteiger partial charge >= 0.3 is 11.9 Å². The Morgan fingerprint density at radius 3 is 0.943 bits per heavy atom. The van der Waals surface area contributed by atoms with Crippen LogP contribution in [0.1, 0.15) is 271 Å². The van der Waals surface area contributed by atoms with Gasteiger partial charge in [0.05, 0.1) is 40.3 Å². The standard InChI is InChI=1S/C78H129NO8/c1-6-8-10-12-14-16-18-20-22-24-26-28-29-30-31-32-33-34-35-36-37-38-39-40-41-42-43-44-45-46-47-49-51-53-55-57-59-61-63-65-67-69-76(81)87-74(73-86-78(77(82)83)84-71-70-79(3,4)5)72-85-75(80)68-66-64-62-60-58-56-54-52-50-48-27-25-23-21-19-17-15-13-11-9-7-2/h8-11,14-17,20-23,26-28,30-31,33-34,48,52,54,58,60,74,78H,6-7,12-13,18-19,24-25,29,32,35-47,49-51,53,55-57,59,61-73H2,1-5H3/b10-8-,11-9-,16-14-,17-15-,22-20-,23-21-,28-26-,31-30-,34-33-,48-27-,54-52-,60-58-. The molecule has 0 amide bonds. The molecule has 0 saturated carbocycles. The lowest BCUT2D eigenvalue weighted by Gasteiger charge is -2.26. The van der Waals surface area contributed by atoms with Gasteiger partial charge in [0.1, 0.15) is 13.2 Å². The molecule has 2 unspecified atom stereocenters. The maximum absolute atomic E-state index is 12.9. The third kappa shape index (κ3) is 68.5. The van der Waals surface area contributed by atoms with Gasteiger partial charge in [-0.05, 0) is 116 Å². The molecule has 0 rings (SSSR count).